The van der Waals surface area contributed by atoms with Crippen molar-refractivity contribution >= 4 is 23.0 Å². The van der Waals surface area contributed by atoms with E-state index in [9.17, 15) is 4.79 Å². The third-order valence-electron chi connectivity index (χ3n) is 8.28. The Kier molecular flexibility index (Phi) is 4.41. The Morgan fingerprint density at radius 2 is 2.03 bits per heavy atom. The molecule has 6 rings (SSSR count). The molecule has 162 valence electrons. The number of carbonyl (C=O) groups is 1. The summed E-state index contributed by atoms with van der Waals surface area (Å²) in [6, 6.07) is 6.86. The number of aliphatic imine (C=N–C) groups is 1. The number of fused-ring (bicyclic) bond motifs is 3. The van der Waals surface area contributed by atoms with Gasteiger partial charge in [0.25, 0.3) is 0 Å². The van der Waals surface area contributed by atoms with Crippen molar-refractivity contribution < 1.29 is 9.53 Å². The summed E-state index contributed by atoms with van der Waals surface area (Å²) in [5.41, 5.74) is 9.31. The van der Waals surface area contributed by atoms with E-state index in [1.807, 2.05) is 5.38 Å². The van der Waals surface area contributed by atoms with Crippen LogP contribution in [0, 0.1) is 11.3 Å². The first-order chi connectivity index (χ1) is 15.1. The highest BCUT2D eigenvalue weighted by atomic mass is 32.1. The highest BCUT2D eigenvalue weighted by Gasteiger charge is 2.66. The van der Waals surface area contributed by atoms with Crippen LogP contribution < -0.4 is 5.73 Å². The first-order valence-electron chi connectivity index (χ1n) is 11.5. The van der Waals surface area contributed by atoms with Gasteiger partial charge in [0.1, 0.15) is 5.84 Å². The number of aromatic nitrogens is 1. The van der Waals surface area contributed by atoms with Crippen molar-refractivity contribution in [3.63, 3.8) is 0 Å². The molecule has 2 fully saturated rings. The summed E-state index contributed by atoms with van der Waals surface area (Å²) in [7, 11) is 1.80. The molecule has 4 aliphatic rings. The summed E-state index contributed by atoms with van der Waals surface area (Å²) in [6.07, 6.45) is 9.88. The average Bonchev–Trinajstić information content (AvgIpc) is 3.37. The largest absolute Gasteiger partial charge is 0.387 e. The van der Waals surface area contributed by atoms with E-state index in [1.165, 1.54) is 24.0 Å². The topological polar surface area (TPSA) is 77.6 Å². The zero-order valence-electron chi connectivity index (χ0n) is 18.0. The number of nitrogens with zero attached hydrogens (tertiary/aromatic N) is 2. The van der Waals surface area contributed by atoms with Crippen LogP contribution in [-0.4, -0.2) is 29.8 Å². The van der Waals surface area contributed by atoms with Crippen LogP contribution in [-0.2, 0) is 27.9 Å². The molecular formula is C25H29N3O2S. The molecule has 2 spiro atoms. The van der Waals surface area contributed by atoms with Crippen molar-refractivity contribution in [2.75, 3.05) is 7.11 Å². The van der Waals surface area contributed by atoms with Gasteiger partial charge in [0.15, 0.2) is 11.3 Å². The number of hydrogen-bond donors (Lipinski definition) is 1. The summed E-state index contributed by atoms with van der Waals surface area (Å²) in [6.45, 7) is 0. The zero-order chi connectivity index (χ0) is 21.2. The summed E-state index contributed by atoms with van der Waals surface area (Å²) >= 11 is 1.58. The smallest absolute Gasteiger partial charge is 0.176 e. The van der Waals surface area contributed by atoms with Crippen LogP contribution in [0.1, 0.15) is 66.1 Å². The molecule has 0 amide bonds. The van der Waals surface area contributed by atoms with Crippen molar-refractivity contribution in [1.29, 1.82) is 0 Å². The van der Waals surface area contributed by atoms with Crippen molar-refractivity contribution in [1.82, 2.24) is 4.98 Å². The molecule has 2 aromatic rings. The Morgan fingerprint density at radius 1 is 1.23 bits per heavy atom. The molecule has 0 saturated heterocycles. The van der Waals surface area contributed by atoms with Gasteiger partial charge in [-0.2, -0.15) is 0 Å². The van der Waals surface area contributed by atoms with Crippen LogP contribution in [0.15, 0.2) is 34.8 Å². The van der Waals surface area contributed by atoms with Crippen LogP contribution in [0.5, 0.6) is 0 Å². The summed E-state index contributed by atoms with van der Waals surface area (Å²) < 4.78 is 5.67. The number of ketones is 1. The zero-order valence-corrected chi connectivity index (χ0v) is 18.8. The SMILES string of the molecule is COC1CCC2(CC1)Cc1ccc(C3CC3)cc1C21N=C(N)C(Cc2nccs2)C1=O. The van der Waals surface area contributed by atoms with Gasteiger partial charge in [0, 0.05) is 30.5 Å². The minimum Gasteiger partial charge on any atom is -0.387 e. The fourth-order valence-electron chi connectivity index (χ4n) is 6.46. The molecular weight excluding hydrogens is 406 g/mol. The number of carbonyl (C=O) groups excluding carboxylic acids is 1. The fraction of sp³-hybridized carbons (Fsp3) is 0.560. The number of Topliss-reactive ketones (excluding diaryl/α,β-unsaturated/α-hetero) is 1. The monoisotopic (exact) mass is 435 g/mol. The van der Waals surface area contributed by atoms with Gasteiger partial charge in [-0.15, -0.1) is 11.3 Å². The van der Waals surface area contributed by atoms with E-state index in [0.29, 0.717) is 18.2 Å². The maximum absolute atomic E-state index is 14.3. The number of ether oxygens (including phenoxy) is 1. The molecule has 1 aromatic heterocycles. The van der Waals surface area contributed by atoms with Crippen molar-refractivity contribution in [2.45, 2.75) is 68.9 Å². The van der Waals surface area contributed by atoms with Crippen LogP contribution in [0.2, 0.25) is 0 Å². The van der Waals surface area contributed by atoms with Gasteiger partial charge in [0.2, 0.25) is 0 Å². The molecule has 5 nitrogen and oxygen atoms in total. The van der Waals surface area contributed by atoms with Crippen molar-refractivity contribution in [3.8, 4) is 0 Å². The molecule has 2 heterocycles. The number of thiazole rings is 1. The molecule has 0 radical (unpaired) electrons. The van der Waals surface area contributed by atoms with Crippen molar-refractivity contribution in [3.05, 3.63) is 51.5 Å². The lowest BCUT2D eigenvalue weighted by Crippen LogP contribution is -2.50. The van der Waals surface area contributed by atoms with Crippen LogP contribution in [0.3, 0.4) is 0 Å². The van der Waals surface area contributed by atoms with Gasteiger partial charge in [-0.05, 0) is 67.6 Å². The highest BCUT2D eigenvalue weighted by Crippen LogP contribution is 2.63. The van der Waals surface area contributed by atoms with Gasteiger partial charge in [0.05, 0.1) is 17.0 Å². The maximum Gasteiger partial charge on any atom is 0.176 e. The summed E-state index contributed by atoms with van der Waals surface area (Å²) in [5, 5.41) is 2.91. The Morgan fingerprint density at radius 3 is 2.71 bits per heavy atom. The Balaban J connectivity index is 1.46. The van der Waals surface area contributed by atoms with Gasteiger partial charge < -0.3 is 10.5 Å². The normalized spacial score (nSPS) is 34.5. The van der Waals surface area contributed by atoms with Gasteiger partial charge in [-0.25, -0.2) is 4.98 Å². The molecule has 6 heteroatoms. The van der Waals surface area contributed by atoms with Crippen LogP contribution in [0.25, 0.3) is 0 Å². The molecule has 2 unspecified atom stereocenters. The molecule has 1 aliphatic heterocycles. The number of amidine groups is 1. The number of nitrogens with two attached hydrogens (primary N) is 1. The Labute approximate surface area is 187 Å². The fourth-order valence-corrected chi connectivity index (χ4v) is 7.13. The van der Waals surface area contributed by atoms with Crippen molar-refractivity contribution in [2.24, 2.45) is 22.1 Å². The first-order valence-corrected chi connectivity index (χ1v) is 12.4. The summed E-state index contributed by atoms with van der Waals surface area (Å²) in [5.74, 6) is 0.964. The minimum absolute atomic E-state index is 0.189. The van der Waals surface area contributed by atoms with E-state index in [4.69, 9.17) is 15.5 Å². The Hall–Kier alpha value is -2.05. The molecule has 2 saturated carbocycles. The summed E-state index contributed by atoms with van der Waals surface area (Å²) in [4.78, 5) is 23.9. The van der Waals surface area contributed by atoms with Gasteiger partial charge in [-0.3, -0.25) is 9.79 Å². The highest BCUT2D eigenvalue weighted by molar-refractivity contribution is 7.09. The molecule has 31 heavy (non-hydrogen) atoms. The second kappa shape index (κ2) is 6.97. The van der Waals surface area contributed by atoms with E-state index >= 15 is 0 Å². The third kappa shape index (κ3) is 2.80. The number of methoxy groups -OCH3 is 1. The molecule has 0 bridgehead atoms. The lowest BCUT2D eigenvalue weighted by molar-refractivity contribution is -0.131. The lowest BCUT2D eigenvalue weighted by Gasteiger charge is -2.45. The molecule has 3 aliphatic carbocycles. The van der Waals surface area contributed by atoms with Crippen LogP contribution >= 0.6 is 11.3 Å². The van der Waals surface area contributed by atoms with Gasteiger partial charge >= 0.3 is 0 Å². The predicted octanol–water partition coefficient (Wildman–Crippen LogP) is 4.15. The number of hydrogen-bond acceptors (Lipinski definition) is 6. The molecule has 1 aromatic carbocycles. The van der Waals surface area contributed by atoms with E-state index < -0.39 is 5.54 Å². The third-order valence-corrected chi connectivity index (χ3v) is 9.08. The second-order valence-electron chi connectivity index (χ2n) is 9.88. The number of rotatable bonds is 4. The van der Waals surface area contributed by atoms with Crippen LogP contribution in [0.4, 0.5) is 0 Å². The van der Waals surface area contributed by atoms with E-state index in [2.05, 4.69) is 23.2 Å². The Bertz CT molecular complexity index is 1050. The first kappa shape index (κ1) is 19.6. The van der Waals surface area contributed by atoms with E-state index in [-0.39, 0.29) is 23.2 Å². The molecule has 2 atom stereocenters. The maximum atomic E-state index is 14.3. The average molecular weight is 436 g/mol. The standard InChI is InChI=1S/C25H29N3O2S/c1-30-18-6-8-24(9-7-18)14-17-5-4-16(15-2-3-15)12-20(17)25(24)22(29)19(23(26)28-25)13-21-27-10-11-31-21/h4-5,10-12,15,18-19H,2-3,6-9,13-14H2,1H3,(H2,26,28). The van der Waals surface area contributed by atoms with Gasteiger partial charge in [-0.1, -0.05) is 18.2 Å². The second-order valence-corrected chi connectivity index (χ2v) is 10.9. The predicted molar refractivity (Wildman–Crippen MR) is 121 cm³/mol. The quantitative estimate of drug-likeness (QED) is 0.783. The van der Waals surface area contributed by atoms with E-state index in [0.717, 1.165) is 42.7 Å². The molecule has 2 N–H and O–H groups in total. The van der Waals surface area contributed by atoms with E-state index in [1.54, 1.807) is 24.6 Å². The minimum atomic E-state index is -0.835. The number of benzene rings is 1. The lowest BCUT2D eigenvalue weighted by atomic mass is 9.59.